The minimum atomic E-state index is -3.90. The first-order chi connectivity index (χ1) is 9.25. The Balaban J connectivity index is 3.42. The number of sulfonamides is 1. The van der Waals surface area contributed by atoms with Crippen LogP contribution in [0.2, 0.25) is 0 Å². The third-order valence-electron chi connectivity index (χ3n) is 3.23. The summed E-state index contributed by atoms with van der Waals surface area (Å²) in [6.07, 6.45) is 1.29. The zero-order valence-corrected chi connectivity index (χ0v) is 13.9. The Labute approximate surface area is 127 Å². The van der Waals surface area contributed by atoms with Gasteiger partial charge in [0.2, 0.25) is 10.0 Å². The van der Waals surface area contributed by atoms with E-state index in [2.05, 4.69) is 15.9 Å². The quantitative estimate of drug-likeness (QED) is 0.573. The molecule has 0 saturated carbocycles. The average molecular weight is 365 g/mol. The Hall–Kier alpha value is -0.990. The molecule has 1 rings (SSSR count). The number of rotatable bonds is 6. The lowest BCUT2D eigenvalue weighted by Gasteiger charge is -2.25. The van der Waals surface area contributed by atoms with Crippen LogP contribution in [0.4, 0.5) is 5.69 Å². The molecule has 0 N–H and O–H groups in total. The number of hydrogen-bond acceptors (Lipinski definition) is 4. The summed E-state index contributed by atoms with van der Waals surface area (Å²) in [5.74, 6) is 0. The highest BCUT2D eigenvalue weighted by molar-refractivity contribution is 9.10. The maximum atomic E-state index is 12.6. The van der Waals surface area contributed by atoms with E-state index >= 15 is 0 Å². The molecule has 0 radical (unpaired) electrons. The first kappa shape index (κ1) is 17.1. The van der Waals surface area contributed by atoms with Gasteiger partial charge >= 0.3 is 0 Å². The van der Waals surface area contributed by atoms with E-state index in [-0.39, 0.29) is 10.9 Å². The third kappa shape index (κ3) is 3.36. The topological polar surface area (TPSA) is 80.5 Å². The van der Waals surface area contributed by atoms with Crippen LogP contribution in [0.25, 0.3) is 0 Å². The minimum Gasteiger partial charge on any atom is -0.258 e. The van der Waals surface area contributed by atoms with Crippen molar-refractivity contribution in [1.29, 1.82) is 0 Å². The second kappa shape index (κ2) is 6.64. The van der Waals surface area contributed by atoms with Crippen LogP contribution in [0, 0.1) is 10.1 Å². The van der Waals surface area contributed by atoms with Crippen molar-refractivity contribution in [3.63, 3.8) is 0 Å². The first-order valence-corrected chi connectivity index (χ1v) is 8.40. The Morgan fingerprint density at radius 3 is 2.35 bits per heavy atom. The molecule has 0 aliphatic heterocycles. The van der Waals surface area contributed by atoms with Crippen molar-refractivity contribution in [3.8, 4) is 0 Å². The van der Waals surface area contributed by atoms with Crippen LogP contribution in [-0.4, -0.2) is 30.7 Å². The van der Waals surface area contributed by atoms with Gasteiger partial charge in [-0.2, -0.15) is 4.31 Å². The van der Waals surface area contributed by atoms with Crippen LogP contribution >= 0.6 is 15.9 Å². The molecule has 0 spiro atoms. The van der Waals surface area contributed by atoms with Gasteiger partial charge in [-0.05, 0) is 25.0 Å². The van der Waals surface area contributed by atoms with Gasteiger partial charge in [0, 0.05) is 23.6 Å². The van der Waals surface area contributed by atoms with Crippen LogP contribution in [0.15, 0.2) is 27.6 Å². The van der Waals surface area contributed by atoms with Crippen molar-refractivity contribution < 1.29 is 13.3 Å². The Morgan fingerprint density at radius 1 is 1.35 bits per heavy atom. The van der Waals surface area contributed by atoms with Gasteiger partial charge in [-0.1, -0.05) is 29.8 Å². The number of halogens is 1. The molecule has 6 nitrogen and oxygen atoms in total. The molecule has 112 valence electrons. The molecule has 1 aromatic carbocycles. The number of benzene rings is 1. The maximum absolute atomic E-state index is 12.6. The van der Waals surface area contributed by atoms with Crippen LogP contribution in [0.5, 0.6) is 0 Å². The van der Waals surface area contributed by atoms with Crippen LogP contribution in [-0.2, 0) is 10.0 Å². The fraction of sp³-hybridized carbons (Fsp3) is 0.500. The van der Waals surface area contributed by atoms with Gasteiger partial charge in [-0.3, -0.25) is 10.1 Å². The Bertz CT molecular complexity index is 599. The largest absolute Gasteiger partial charge is 0.289 e. The molecule has 0 saturated heterocycles. The van der Waals surface area contributed by atoms with E-state index in [1.54, 1.807) is 0 Å². The van der Waals surface area contributed by atoms with Crippen LogP contribution in [0.3, 0.4) is 0 Å². The molecule has 0 atom stereocenters. The van der Waals surface area contributed by atoms with E-state index < -0.39 is 20.6 Å². The van der Waals surface area contributed by atoms with Crippen molar-refractivity contribution in [3.05, 3.63) is 32.8 Å². The normalized spacial score (nSPS) is 12.1. The molecule has 0 aliphatic rings. The number of nitro benzene ring substituents is 1. The van der Waals surface area contributed by atoms with Crippen LogP contribution in [0.1, 0.15) is 26.7 Å². The average Bonchev–Trinajstić information content (AvgIpc) is 2.39. The standard InChI is InChI=1S/C12H17BrN2O4S/c1-4-10(5-2)14(3)20(18,19)12-8-9(13)6-7-11(12)15(16)17/h6-8,10H,4-5H2,1-3H3. The van der Waals surface area contributed by atoms with Gasteiger partial charge in [-0.15, -0.1) is 0 Å². The molecule has 0 heterocycles. The predicted octanol–water partition coefficient (Wildman–Crippen LogP) is 3.17. The lowest BCUT2D eigenvalue weighted by atomic mass is 10.2. The molecule has 0 aliphatic carbocycles. The molecule has 0 fully saturated rings. The number of hydrogen-bond donors (Lipinski definition) is 0. The Morgan fingerprint density at radius 2 is 1.90 bits per heavy atom. The summed E-state index contributed by atoms with van der Waals surface area (Å²) in [4.78, 5) is 10.1. The lowest BCUT2D eigenvalue weighted by molar-refractivity contribution is -0.387. The molecule has 20 heavy (non-hydrogen) atoms. The highest BCUT2D eigenvalue weighted by Crippen LogP contribution is 2.30. The summed E-state index contributed by atoms with van der Waals surface area (Å²) < 4.78 is 26.8. The van der Waals surface area contributed by atoms with E-state index in [1.165, 1.54) is 29.6 Å². The monoisotopic (exact) mass is 364 g/mol. The zero-order valence-electron chi connectivity index (χ0n) is 11.5. The van der Waals surface area contributed by atoms with E-state index in [4.69, 9.17) is 0 Å². The molecular weight excluding hydrogens is 348 g/mol. The summed E-state index contributed by atoms with van der Waals surface area (Å²) in [6.45, 7) is 3.77. The van der Waals surface area contributed by atoms with Gasteiger partial charge in [0.1, 0.15) is 0 Å². The van der Waals surface area contributed by atoms with E-state index in [9.17, 15) is 18.5 Å². The fourth-order valence-electron chi connectivity index (χ4n) is 2.00. The van der Waals surface area contributed by atoms with Crippen LogP contribution < -0.4 is 0 Å². The van der Waals surface area contributed by atoms with Crippen molar-refractivity contribution in [2.45, 2.75) is 37.6 Å². The second-order valence-corrected chi connectivity index (χ2v) is 7.24. The SMILES string of the molecule is CCC(CC)N(C)S(=O)(=O)c1cc(Br)ccc1[N+](=O)[O-]. The Kier molecular flexibility index (Phi) is 5.67. The summed E-state index contributed by atoms with van der Waals surface area (Å²) in [5.41, 5.74) is -0.411. The van der Waals surface area contributed by atoms with Gasteiger partial charge in [0.25, 0.3) is 5.69 Å². The van der Waals surface area contributed by atoms with E-state index in [1.807, 2.05) is 13.8 Å². The van der Waals surface area contributed by atoms with Gasteiger partial charge in [0.15, 0.2) is 4.90 Å². The summed E-state index contributed by atoms with van der Waals surface area (Å²) >= 11 is 3.15. The first-order valence-electron chi connectivity index (χ1n) is 6.17. The van der Waals surface area contributed by atoms with E-state index in [0.717, 1.165) is 0 Å². The van der Waals surface area contributed by atoms with E-state index in [0.29, 0.717) is 17.3 Å². The van der Waals surface area contributed by atoms with Gasteiger partial charge < -0.3 is 0 Å². The fourth-order valence-corrected chi connectivity index (χ4v) is 4.20. The zero-order chi connectivity index (χ0) is 15.5. The minimum absolute atomic E-state index is 0.182. The summed E-state index contributed by atoms with van der Waals surface area (Å²) in [5, 5.41) is 11.0. The van der Waals surface area contributed by atoms with Crippen molar-refractivity contribution >= 4 is 31.6 Å². The number of nitrogens with zero attached hydrogens (tertiary/aromatic N) is 2. The highest BCUT2D eigenvalue weighted by atomic mass is 79.9. The van der Waals surface area contributed by atoms with Crippen molar-refractivity contribution in [2.75, 3.05) is 7.05 Å². The predicted molar refractivity (Wildman–Crippen MR) is 80.1 cm³/mol. The van der Waals surface area contributed by atoms with Gasteiger partial charge in [0.05, 0.1) is 4.92 Å². The van der Waals surface area contributed by atoms with Crippen molar-refractivity contribution in [1.82, 2.24) is 4.31 Å². The molecule has 0 unspecified atom stereocenters. The maximum Gasteiger partial charge on any atom is 0.289 e. The third-order valence-corrected chi connectivity index (χ3v) is 5.66. The summed E-state index contributed by atoms with van der Waals surface area (Å²) in [7, 11) is -2.44. The van der Waals surface area contributed by atoms with Crippen molar-refractivity contribution in [2.24, 2.45) is 0 Å². The molecule has 0 aromatic heterocycles. The second-order valence-electron chi connectivity index (χ2n) is 4.36. The molecule has 1 aromatic rings. The summed E-state index contributed by atoms with van der Waals surface area (Å²) in [6, 6.07) is 3.73. The highest BCUT2D eigenvalue weighted by Gasteiger charge is 2.32. The molecule has 8 heteroatoms. The van der Waals surface area contributed by atoms with Gasteiger partial charge in [-0.25, -0.2) is 8.42 Å². The smallest absolute Gasteiger partial charge is 0.258 e. The number of nitro groups is 1. The molecule has 0 bridgehead atoms. The lowest BCUT2D eigenvalue weighted by Crippen LogP contribution is -2.36. The molecular formula is C12H17BrN2O4S. The molecule has 0 amide bonds.